The van der Waals surface area contributed by atoms with Gasteiger partial charge >= 0.3 is 0 Å². The summed E-state index contributed by atoms with van der Waals surface area (Å²) in [6.45, 7) is 56.5. The van der Waals surface area contributed by atoms with E-state index in [1.54, 1.807) is 0 Å². The molecule has 0 aliphatic heterocycles. The van der Waals surface area contributed by atoms with Crippen LogP contribution in [-0.4, -0.2) is 0 Å². The maximum Gasteiger partial charge on any atom is 0.139 e. The standard InChI is InChI=1S/C62H72O/c1-25-26(2)37(13)49(38(14)27(25)3)50-39(15)28(4)29(5)40(16)51(50)58-52-41(17)30(6)32(8)43(19)54(52)59(55-44(20)33(9)31(7)42(18)53(55)58)56-45(21)36(12)48(24)62-60(56)57-46(22)34(10)35(11)47(23)61(57)63-62/h1-24H3. The van der Waals surface area contributed by atoms with Crippen LogP contribution in [0.25, 0.3) is 76.9 Å². The highest BCUT2D eigenvalue weighted by molar-refractivity contribution is 6.30. The summed E-state index contributed by atoms with van der Waals surface area (Å²) in [4.78, 5) is 0. The number of rotatable bonds is 3. The molecule has 7 aromatic carbocycles. The molecule has 0 N–H and O–H groups in total. The Kier molecular flexibility index (Phi) is 10.4. The van der Waals surface area contributed by atoms with E-state index in [4.69, 9.17) is 4.42 Å². The van der Waals surface area contributed by atoms with Gasteiger partial charge in [-0.2, -0.15) is 0 Å². The average Bonchev–Trinajstić information content (AvgIpc) is 3.66. The highest BCUT2D eigenvalue weighted by Gasteiger charge is 2.33. The minimum Gasteiger partial charge on any atom is -0.455 e. The zero-order valence-corrected chi connectivity index (χ0v) is 43.4. The van der Waals surface area contributed by atoms with Crippen molar-refractivity contribution in [3.05, 3.63) is 134 Å². The normalized spacial score (nSPS) is 12.1. The number of hydrogen-bond acceptors (Lipinski definition) is 1. The Morgan fingerprint density at radius 1 is 0.143 bits per heavy atom. The molecule has 8 rings (SSSR count). The maximum absolute atomic E-state index is 7.21. The van der Waals surface area contributed by atoms with Crippen LogP contribution in [0, 0.1) is 166 Å². The van der Waals surface area contributed by atoms with Crippen molar-refractivity contribution in [1.29, 1.82) is 0 Å². The Balaban J connectivity index is 1.82. The van der Waals surface area contributed by atoms with Crippen molar-refractivity contribution >= 4 is 43.5 Å². The lowest BCUT2D eigenvalue weighted by atomic mass is 9.72. The predicted octanol–water partition coefficient (Wildman–Crippen LogP) is 18.3. The molecular formula is C62H72O. The van der Waals surface area contributed by atoms with Crippen LogP contribution in [0.15, 0.2) is 4.42 Å². The predicted molar refractivity (Wildman–Crippen MR) is 279 cm³/mol. The second-order valence-corrected chi connectivity index (χ2v) is 20.3. The van der Waals surface area contributed by atoms with Crippen LogP contribution < -0.4 is 0 Å². The second kappa shape index (κ2) is 14.7. The Morgan fingerprint density at radius 2 is 0.349 bits per heavy atom. The summed E-state index contributed by atoms with van der Waals surface area (Å²) in [6.07, 6.45) is 0. The van der Waals surface area contributed by atoms with Gasteiger partial charge in [-0.15, -0.1) is 0 Å². The van der Waals surface area contributed by atoms with Gasteiger partial charge in [0.15, 0.2) is 0 Å². The van der Waals surface area contributed by atoms with Gasteiger partial charge in [-0.05, 0) is 355 Å². The van der Waals surface area contributed by atoms with Gasteiger partial charge in [0.2, 0.25) is 0 Å². The first-order valence-corrected chi connectivity index (χ1v) is 23.4. The molecule has 0 aliphatic carbocycles. The van der Waals surface area contributed by atoms with Crippen molar-refractivity contribution < 1.29 is 4.42 Å². The van der Waals surface area contributed by atoms with Gasteiger partial charge in [-0.25, -0.2) is 0 Å². The number of furan rings is 1. The van der Waals surface area contributed by atoms with Crippen molar-refractivity contribution in [3.63, 3.8) is 0 Å². The van der Waals surface area contributed by atoms with Crippen LogP contribution in [-0.2, 0) is 0 Å². The lowest BCUT2D eigenvalue weighted by Gasteiger charge is -2.31. The largest absolute Gasteiger partial charge is 0.455 e. The SMILES string of the molecule is Cc1c(C)c(C)c(-c2c(C)c(C)c(C)c(C)c2-c2c3c(C)c(C)c(C)c(C)c3c(-c3c(C)c(C)c(C)c4oc5c(C)c(C)c(C)c(C)c5c34)c3c(C)c(C)c(C)c(C)c23)c(C)c1C. The van der Waals surface area contributed by atoms with E-state index in [2.05, 4.69) is 166 Å². The quantitative estimate of drug-likeness (QED) is 0.162. The molecule has 0 radical (unpaired) electrons. The van der Waals surface area contributed by atoms with E-state index in [-0.39, 0.29) is 0 Å². The summed E-state index contributed by atoms with van der Waals surface area (Å²) >= 11 is 0. The topological polar surface area (TPSA) is 13.1 Å². The third-order valence-corrected chi connectivity index (χ3v) is 18.2. The molecule has 1 heterocycles. The zero-order valence-electron chi connectivity index (χ0n) is 43.4. The number of benzene rings is 7. The van der Waals surface area contributed by atoms with E-state index < -0.39 is 0 Å². The van der Waals surface area contributed by atoms with E-state index >= 15 is 0 Å². The number of hydrogen-bond donors (Lipinski definition) is 0. The fourth-order valence-corrected chi connectivity index (χ4v) is 12.1. The summed E-state index contributed by atoms with van der Waals surface area (Å²) in [6, 6.07) is 0. The van der Waals surface area contributed by atoms with Gasteiger partial charge in [0.1, 0.15) is 11.2 Å². The monoisotopic (exact) mass is 833 g/mol. The zero-order chi connectivity index (χ0) is 46.6. The maximum atomic E-state index is 7.21. The molecule has 326 valence electrons. The third kappa shape index (κ3) is 5.60. The number of aryl methyl sites for hydroxylation is 7. The van der Waals surface area contributed by atoms with Crippen LogP contribution in [0.1, 0.15) is 134 Å². The molecule has 63 heavy (non-hydrogen) atoms. The van der Waals surface area contributed by atoms with Crippen LogP contribution in [0.3, 0.4) is 0 Å². The van der Waals surface area contributed by atoms with Gasteiger partial charge in [0, 0.05) is 10.8 Å². The molecule has 8 aromatic rings. The fraction of sp³-hybridized carbons (Fsp3) is 0.387. The molecule has 0 aliphatic rings. The fourth-order valence-electron chi connectivity index (χ4n) is 12.1. The lowest BCUT2D eigenvalue weighted by molar-refractivity contribution is 0.661. The van der Waals surface area contributed by atoms with Gasteiger partial charge in [0.05, 0.1) is 0 Å². The number of fused-ring (bicyclic) bond motifs is 5. The minimum atomic E-state index is 1.03. The van der Waals surface area contributed by atoms with E-state index in [9.17, 15) is 0 Å². The first-order valence-electron chi connectivity index (χ1n) is 23.4. The summed E-state index contributed by atoms with van der Waals surface area (Å²) in [5.41, 5.74) is 43.0. The molecule has 0 fully saturated rings. The summed E-state index contributed by atoms with van der Waals surface area (Å²) in [5, 5.41) is 8.10. The highest BCUT2D eigenvalue weighted by Crippen LogP contribution is 2.57. The van der Waals surface area contributed by atoms with E-state index in [1.807, 2.05) is 0 Å². The third-order valence-electron chi connectivity index (χ3n) is 18.2. The highest BCUT2D eigenvalue weighted by atomic mass is 16.3. The Hall–Kier alpha value is -5.14. The van der Waals surface area contributed by atoms with Crippen molar-refractivity contribution in [2.75, 3.05) is 0 Å². The van der Waals surface area contributed by atoms with Crippen molar-refractivity contribution in [3.8, 4) is 33.4 Å². The molecule has 0 saturated heterocycles. The molecule has 0 saturated carbocycles. The van der Waals surface area contributed by atoms with E-state index in [0.29, 0.717) is 0 Å². The molecule has 0 spiro atoms. The Labute approximate surface area is 379 Å². The summed E-state index contributed by atoms with van der Waals surface area (Å²) in [5.74, 6) is 0. The van der Waals surface area contributed by atoms with Crippen molar-refractivity contribution in [1.82, 2.24) is 0 Å². The molecule has 1 nitrogen and oxygen atoms in total. The molecule has 0 bridgehead atoms. The molecule has 0 unspecified atom stereocenters. The van der Waals surface area contributed by atoms with Gasteiger partial charge in [-0.3, -0.25) is 0 Å². The molecule has 1 heteroatoms. The first kappa shape index (κ1) is 44.5. The van der Waals surface area contributed by atoms with Crippen molar-refractivity contribution in [2.24, 2.45) is 0 Å². The summed E-state index contributed by atoms with van der Waals surface area (Å²) < 4.78 is 7.21. The summed E-state index contributed by atoms with van der Waals surface area (Å²) in [7, 11) is 0. The van der Waals surface area contributed by atoms with Crippen molar-refractivity contribution in [2.45, 2.75) is 166 Å². The molecule has 0 atom stereocenters. The van der Waals surface area contributed by atoms with Gasteiger partial charge in [-0.1, -0.05) is 0 Å². The Bertz CT molecular complexity index is 3330. The average molecular weight is 833 g/mol. The molecule has 0 amide bonds. The van der Waals surface area contributed by atoms with Gasteiger partial charge in [0.25, 0.3) is 0 Å². The molecule has 1 aromatic heterocycles. The smallest absolute Gasteiger partial charge is 0.139 e. The van der Waals surface area contributed by atoms with Crippen LogP contribution >= 0.6 is 0 Å². The lowest BCUT2D eigenvalue weighted by Crippen LogP contribution is -2.08. The first-order chi connectivity index (χ1) is 29.3. The van der Waals surface area contributed by atoms with E-state index in [1.165, 1.54) is 199 Å². The van der Waals surface area contributed by atoms with Crippen LogP contribution in [0.5, 0.6) is 0 Å². The van der Waals surface area contributed by atoms with Crippen LogP contribution in [0.4, 0.5) is 0 Å². The van der Waals surface area contributed by atoms with Crippen LogP contribution in [0.2, 0.25) is 0 Å². The second-order valence-electron chi connectivity index (χ2n) is 20.3. The molecular weight excluding hydrogens is 761 g/mol. The van der Waals surface area contributed by atoms with E-state index in [0.717, 1.165) is 11.2 Å². The Morgan fingerprint density at radius 3 is 0.714 bits per heavy atom. The van der Waals surface area contributed by atoms with Gasteiger partial charge < -0.3 is 4.42 Å². The minimum absolute atomic E-state index is 1.03.